The van der Waals surface area contributed by atoms with E-state index in [1.54, 1.807) is 0 Å². The van der Waals surface area contributed by atoms with Crippen molar-refractivity contribution in [2.24, 2.45) is 11.7 Å². The van der Waals surface area contributed by atoms with E-state index < -0.39 is 0 Å². The van der Waals surface area contributed by atoms with Crippen LogP contribution in [0.4, 0.5) is 0 Å². The van der Waals surface area contributed by atoms with Crippen LogP contribution in [-0.2, 0) is 32.7 Å². The standard InChI is InChI=1S/C13H18N.Y/c1-10-9-12(7-8-13(10)14)11-5-3-2-4-6-11;/h2-6,10,12-13H,1,7-9,14H2;/q-1;. The van der Waals surface area contributed by atoms with Gasteiger partial charge in [-0.1, -0.05) is 36.8 Å². The Hall–Kier alpha value is 0.284. The van der Waals surface area contributed by atoms with Crippen LogP contribution in [0.25, 0.3) is 0 Å². The van der Waals surface area contributed by atoms with Crippen LogP contribution in [0.3, 0.4) is 0 Å². The van der Waals surface area contributed by atoms with Gasteiger partial charge in [0.2, 0.25) is 0 Å². The summed E-state index contributed by atoms with van der Waals surface area (Å²) < 4.78 is 0. The number of rotatable bonds is 1. The smallest absolute Gasteiger partial charge is 0 e. The quantitative estimate of drug-likeness (QED) is 0.785. The predicted molar refractivity (Wildman–Crippen MR) is 59.9 cm³/mol. The minimum atomic E-state index is 0. The van der Waals surface area contributed by atoms with Crippen LogP contribution in [0.5, 0.6) is 0 Å². The third-order valence-electron chi connectivity index (χ3n) is 3.31. The molecular formula is C13H18NY-. The van der Waals surface area contributed by atoms with E-state index in [9.17, 15) is 0 Å². The zero-order valence-corrected chi connectivity index (χ0v) is 11.9. The van der Waals surface area contributed by atoms with Crippen molar-refractivity contribution >= 4 is 0 Å². The van der Waals surface area contributed by atoms with E-state index in [1.807, 2.05) is 0 Å². The molecule has 0 aliphatic heterocycles. The first-order valence-corrected chi connectivity index (χ1v) is 5.41. The fourth-order valence-corrected chi connectivity index (χ4v) is 2.32. The molecule has 2 rings (SSSR count). The zero-order valence-electron chi connectivity index (χ0n) is 9.10. The van der Waals surface area contributed by atoms with Crippen LogP contribution >= 0.6 is 0 Å². The minimum Gasteiger partial charge on any atom is -0.339 e. The van der Waals surface area contributed by atoms with E-state index in [0.717, 1.165) is 12.8 Å². The van der Waals surface area contributed by atoms with Crippen molar-refractivity contribution < 1.29 is 32.7 Å². The monoisotopic (exact) mass is 277 g/mol. The molecule has 0 heterocycles. The molecular weight excluding hydrogens is 259 g/mol. The molecule has 0 aromatic heterocycles. The molecule has 0 bridgehead atoms. The second-order valence-corrected chi connectivity index (χ2v) is 4.34. The molecule has 1 aromatic rings. The number of hydrogen-bond donors (Lipinski definition) is 1. The molecule has 0 amide bonds. The van der Waals surface area contributed by atoms with E-state index in [-0.39, 0.29) is 32.7 Å². The molecule has 3 atom stereocenters. The van der Waals surface area contributed by atoms with Crippen molar-refractivity contribution in [1.29, 1.82) is 0 Å². The fourth-order valence-electron chi connectivity index (χ4n) is 2.32. The molecule has 1 radical (unpaired) electrons. The van der Waals surface area contributed by atoms with Crippen LogP contribution in [0.15, 0.2) is 30.3 Å². The van der Waals surface area contributed by atoms with Gasteiger partial charge in [-0.3, -0.25) is 0 Å². The summed E-state index contributed by atoms with van der Waals surface area (Å²) in [6.07, 6.45) is 3.48. The van der Waals surface area contributed by atoms with Gasteiger partial charge in [0.15, 0.2) is 0 Å². The van der Waals surface area contributed by atoms with Crippen LogP contribution in [-0.4, -0.2) is 6.04 Å². The molecule has 79 valence electrons. The van der Waals surface area contributed by atoms with Gasteiger partial charge >= 0.3 is 0 Å². The Morgan fingerprint density at radius 2 is 1.80 bits per heavy atom. The molecule has 15 heavy (non-hydrogen) atoms. The average Bonchev–Trinajstić information content (AvgIpc) is 2.23. The van der Waals surface area contributed by atoms with Gasteiger partial charge in [0.1, 0.15) is 0 Å². The summed E-state index contributed by atoms with van der Waals surface area (Å²) in [7, 11) is 0. The first kappa shape index (κ1) is 13.3. The maximum atomic E-state index is 5.96. The van der Waals surface area contributed by atoms with Crippen LogP contribution < -0.4 is 5.73 Å². The number of benzene rings is 1. The van der Waals surface area contributed by atoms with E-state index >= 15 is 0 Å². The largest absolute Gasteiger partial charge is 0.339 e. The second kappa shape index (κ2) is 6.13. The molecule has 1 aromatic carbocycles. The van der Waals surface area contributed by atoms with Gasteiger partial charge < -0.3 is 12.7 Å². The molecule has 1 fully saturated rings. The maximum Gasteiger partial charge on any atom is 0 e. The summed E-state index contributed by atoms with van der Waals surface area (Å²) in [4.78, 5) is 0. The van der Waals surface area contributed by atoms with Gasteiger partial charge in [0.25, 0.3) is 0 Å². The van der Waals surface area contributed by atoms with Gasteiger partial charge in [-0.15, -0.1) is 0 Å². The molecule has 1 saturated carbocycles. The third-order valence-corrected chi connectivity index (χ3v) is 3.31. The van der Waals surface area contributed by atoms with Crippen molar-refractivity contribution in [1.82, 2.24) is 0 Å². The molecule has 0 spiro atoms. The zero-order chi connectivity index (χ0) is 9.97. The van der Waals surface area contributed by atoms with Gasteiger partial charge in [0, 0.05) is 32.7 Å². The topological polar surface area (TPSA) is 26.0 Å². The molecule has 1 aliphatic carbocycles. The Morgan fingerprint density at radius 3 is 2.40 bits per heavy atom. The Morgan fingerprint density at radius 1 is 1.13 bits per heavy atom. The van der Waals surface area contributed by atoms with E-state index in [4.69, 9.17) is 5.73 Å². The summed E-state index contributed by atoms with van der Waals surface area (Å²) in [5, 5.41) is 0. The van der Waals surface area contributed by atoms with E-state index in [2.05, 4.69) is 37.3 Å². The molecule has 2 N–H and O–H groups in total. The van der Waals surface area contributed by atoms with Crippen molar-refractivity contribution in [2.45, 2.75) is 31.2 Å². The Labute approximate surface area is 118 Å². The molecule has 1 nitrogen and oxygen atoms in total. The summed E-state index contributed by atoms with van der Waals surface area (Å²) in [5.74, 6) is 1.10. The van der Waals surface area contributed by atoms with Gasteiger partial charge in [-0.25, -0.2) is 0 Å². The summed E-state index contributed by atoms with van der Waals surface area (Å²) >= 11 is 0. The fraction of sp³-hybridized carbons (Fsp3) is 0.462. The molecule has 0 saturated heterocycles. The van der Waals surface area contributed by atoms with Crippen molar-refractivity contribution in [3.63, 3.8) is 0 Å². The van der Waals surface area contributed by atoms with Crippen LogP contribution in [0.2, 0.25) is 0 Å². The van der Waals surface area contributed by atoms with Gasteiger partial charge in [-0.05, 0) is 30.4 Å². The average molecular weight is 277 g/mol. The van der Waals surface area contributed by atoms with E-state index in [1.165, 1.54) is 12.0 Å². The van der Waals surface area contributed by atoms with Crippen LogP contribution in [0.1, 0.15) is 30.7 Å². The Kier molecular flexibility index (Phi) is 5.45. The van der Waals surface area contributed by atoms with Crippen molar-refractivity contribution in [3.05, 3.63) is 42.8 Å². The first-order valence-electron chi connectivity index (χ1n) is 5.41. The molecule has 2 heteroatoms. The minimum absolute atomic E-state index is 0. The maximum absolute atomic E-state index is 5.96. The van der Waals surface area contributed by atoms with Crippen molar-refractivity contribution in [3.8, 4) is 0 Å². The van der Waals surface area contributed by atoms with Crippen molar-refractivity contribution in [2.75, 3.05) is 0 Å². The summed E-state index contributed by atoms with van der Waals surface area (Å²) in [6.45, 7) is 4.13. The SMILES string of the molecule is [CH2-]C1CC(c2ccccc2)CCC1N.[Y]. The van der Waals surface area contributed by atoms with Crippen LogP contribution in [0, 0.1) is 12.8 Å². The van der Waals surface area contributed by atoms with E-state index in [0.29, 0.717) is 17.9 Å². The molecule has 3 unspecified atom stereocenters. The summed E-state index contributed by atoms with van der Waals surface area (Å²) in [5.41, 5.74) is 7.41. The number of hydrogen-bond acceptors (Lipinski definition) is 1. The Bertz CT molecular complexity index is 286. The third kappa shape index (κ3) is 3.37. The molecule has 1 aliphatic rings. The summed E-state index contributed by atoms with van der Waals surface area (Å²) in [6, 6.07) is 11.0. The second-order valence-electron chi connectivity index (χ2n) is 4.34. The van der Waals surface area contributed by atoms with Gasteiger partial charge in [-0.2, -0.15) is 5.92 Å². The predicted octanol–water partition coefficient (Wildman–Crippen LogP) is 2.73. The first-order chi connectivity index (χ1) is 6.77. The normalized spacial score (nSPS) is 30.7. The van der Waals surface area contributed by atoms with Gasteiger partial charge in [0.05, 0.1) is 0 Å². The Balaban J connectivity index is 0.00000112. The number of nitrogens with two attached hydrogens (primary N) is 1.